The van der Waals surface area contributed by atoms with Gasteiger partial charge in [-0.15, -0.1) is 0 Å². The third kappa shape index (κ3) is 7.84. The maximum absolute atomic E-state index is 13.7. The second-order valence-corrected chi connectivity index (χ2v) is 12.4. The van der Waals surface area contributed by atoms with Crippen LogP contribution in [-0.2, 0) is 24.6 Å². The largest absolute Gasteiger partial charge is 0.481 e. The third-order valence-electron chi connectivity index (χ3n) is 8.28. The van der Waals surface area contributed by atoms with Crippen molar-refractivity contribution in [3.05, 3.63) is 78.0 Å². The maximum Gasteiger partial charge on any atom is 0.303 e. The van der Waals surface area contributed by atoms with E-state index in [1.807, 2.05) is 36.4 Å². The van der Waals surface area contributed by atoms with Crippen LogP contribution in [0.25, 0.3) is 5.69 Å². The van der Waals surface area contributed by atoms with Crippen molar-refractivity contribution in [1.29, 1.82) is 0 Å². The van der Waals surface area contributed by atoms with Crippen molar-refractivity contribution in [1.82, 2.24) is 20.0 Å². The van der Waals surface area contributed by atoms with Crippen LogP contribution in [0.5, 0.6) is 5.88 Å². The SMILES string of the molecule is CC(=O)C1(c2ccccc2)CCN(C(=O)C(CCC(=O)O)NC(=O)c2cc(OCC(=O)C(C)(C)C)n(-c3ccccc3)n2)CC1. The number of para-hydroxylation sites is 1. The molecule has 1 atom stereocenters. The van der Waals surface area contributed by atoms with E-state index in [9.17, 15) is 29.1 Å². The molecular weight excluding hydrogens is 576 g/mol. The van der Waals surface area contributed by atoms with Gasteiger partial charge in [0.1, 0.15) is 18.4 Å². The van der Waals surface area contributed by atoms with Gasteiger partial charge in [0.25, 0.3) is 5.91 Å². The van der Waals surface area contributed by atoms with Gasteiger partial charge in [0, 0.05) is 31.0 Å². The quantitative estimate of drug-likeness (QED) is 0.311. The molecule has 4 rings (SSSR count). The van der Waals surface area contributed by atoms with E-state index in [0.29, 0.717) is 18.5 Å². The molecule has 0 aliphatic carbocycles. The number of carboxylic acids is 1. The number of benzene rings is 2. The number of rotatable bonds is 12. The van der Waals surface area contributed by atoms with Crippen LogP contribution in [0.15, 0.2) is 66.7 Å². The molecule has 1 fully saturated rings. The molecule has 0 bridgehead atoms. The van der Waals surface area contributed by atoms with Crippen molar-refractivity contribution in [3.8, 4) is 11.6 Å². The van der Waals surface area contributed by atoms with Gasteiger partial charge in [-0.2, -0.15) is 5.10 Å². The lowest BCUT2D eigenvalue weighted by Gasteiger charge is -2.41. The average molecular weight is 617 g/mol. The molecule has 2 N–H and O–H groups in total. The highest BCUT2D eigenvalue weighted by atomic mass is 16.5. The molecular formula is C34H40N4O7. The zero-order chi connectivity index (χ0) is 32.8. The van der Waals surface area contributed by atoms with E-state index in [-0.39, 0.29) is 55.7 Å². The van der Waals surface area contributed by atoms with Crippen LogP contribution in [0, 0.1) is 5.41 Å². The fourth-order valence-electron chi connectivity index (χ4n) is 5.38. The highest BCUT2D eigenvalue weighted by Crippen LogP contribution is 2.36. The minimum atomic E-state index is -1.14. The molecule has 1 aromatic heterocycles. The van der Waals surface area contributed by atoms with Crippen molar-refractivity contribution in [2.75, 3.05) is 19.7 Å². The lowest BCUT2D eigenvalue weighted by Crippen LogP contribution is -2.54. The number of hydrogen-bond acceptors (Lipinski definition) is 7. The summed E-state index contributed by atoms with van der Waals surface area (Å²) in [5.41, 5.74) is 0.0798. The first-order chi connectivity index (χ1) is 21.3. The van der Waals surface area contributed by atoms with Crippen LogP contribution >= 0.6 is 0 Å². The number of piperidine rings is 1. The summed E-state index contributed by atoms with van der Waals surface area (Å²) in [6.07, 6.45) is 0.351. The predicted octanol–water partition coefficient (Wildman–Crippen LogP) is 3.98. The summed E-state index contributed by atoms with van der Waals surface area (Å²) >= 11 is 0. The monoisotopic (exact) mass is 616 g/mol. The third-order valence-corrected chi connectivity index (χ3v) is 8.28. The lowest BCUT2D eigenvalue weighted by molar-refractivity contribution is -0.139. The maximum atomic E-state index is 13.7. The molecule has 2 heterocycles. The molecule has 0 saturated carbocycles. The molecule has 238 valence electrons. The molecule has 3 aromatic rings. The number of ketones is 2. The van der Waals surface area contributed by atoms with Gasteiger partial charge in [-0.05, 0) is 43.9 Å². The van der Waals surface area contributed by atoms with E-state index in [2.05, 4.69) is 10.4 Å². The minimum Gasteiger partial charge on any atom is -0.481 e. The molecule has 2 aromatic carbocycles. The number of carboxylic acid groups (broad SMARTS) is 1. The van der Waals surface area contributed by atoms with Gasteiger partial charge in [0.15, 0.2) is 11.5 Å². The number of nitrogens with zero attached hydrogens (tertiary/aromatic N) is 3. The summed E-state index contributed by atoms with van der Waals surface area (Å²) in [6.45, 7) is 7.22. The molecule has 1 aliphatic heterocycles. The van der Waals surface area contributed by atoms with E-state index in [4.69, 9.17) is 4.74 Å². The van der Waals surface area contributed by atoms with E-state index < -0.39 is 34.7 Å². The number of carbonyl (C=O) groups excluding carboxylic acids is 4. The zero-order valence-corrected chi connectivity index (χ0v) is 26.1. The Balaban J connectivity index is 1.54. The van der Waals surface area contributed by atoms with Gasteiger partial charge in [-0.25, -0.2) is 4.68 Å². The van der Waals surface area contributed by atoms with E-state index in [0.717, 1.165) is 5.56 Å². The van der Waals surface area contributed by atoms with Gasteiger partial charge in [-0.3, -0.25) is 24.0 Å². The summed E-state index contributed by atoms with van der Waals surface area (Å²) in [4.78, 5) is 65.6. The van der Waals surface area contributed by atoms with Crippen LogP contribution < -0.4 is 10.1 Å². The molecule has 2 amide bonds. The number of likely N-dealkylation sites (tertiary alicyclic amines) is 1. The van der Waals surface area contributed by atoms with Gasteiger partial charge < -0.3 is 20.1 Å². The Bertz CT molecular complexity index is 1540. The first-order valence-electron chi connectivity index (χ1n) is 15.0. The molecule has 1 saturated heterocycles. The Morgan fingerprint density at radius 1 is 0.978 bits per heavy atom. The second kappa shape index (κ2) is 13.9. The number of nitrogens with one attached hydrogen (secondary N) is 1. The summed E-state index contributed by atoms with van der Waals surface area (Å²) in [5.74, 6) is -2.18. The molecule has 0 spiro atoms. The van der Waals surface area contributed by atoms with Crippen molar-refractivity contribution in [2.45, 2.75) is 64.8 Å². The van der Waals surface area contributed by atoms with Crippen molar-refractivity contribution >= 4 is 29.4 Å². The van der Waals surface area contributed by atoms with E-state index in [1.165, 1.54) is 10.7 Å². The van der Waals surface area contributed by atoms with Gasteiger partial charge in [0.2, 0.25) is 11.8 Å². The molecule has 1 unspecified atom stereocenters. The fourth-order valence-corrected chi connectivity index (χ4v) is 5.38. The number of aliphatic carboxylic acids is 1. The lowest BCUT2D eigenvalue weighted by atomic mass is 9.70. The van der Waals surface area contributed by atoms with Crippen LogP contribution in [-0.4, -0.2) is 74.9 Å². The molecule has 11 nitrogen and oxygen atoms in total. The first kappa shape index (κ1) is 33.1. The molecule has 1 aliphatic rings. The van der Waals surface area contributed by atoms with Crippen molar-refractivity contribution in [3.63, 3.8) is 0 Å². The first-order valence-corrected chi connectivity index (χ1v) is 15.0. The van der Waals surface area contributed by atoms with Crippen LogP contribution in [0.2, 0.25) is 0 Å². The number of aromatic nitrogens is 2. The smallest absolute Gasteiger partial charge is 0.303 e. The average Bonchev–Trinajstić information content (AvgIpc) is 3.46. The molecule has 45 heavy (non-hydrogen) atoms. The highest BCUT2D eigenvalue weighted by Gasteiger charge is 2.42. The Morgan fingerprint density at radius 2 is 1.58 bits per heavy atom. The van der Waals surface area contributed by atoms with E-state index >= 15 is 0 Å². The number of amides is 2. The standard InChI is InChI=1S/C34H40N4O7/c1-23(39)34(24-11-7-5-8-12-24)17-19-37(20-18-34)32(44)26(15-16-30(41)42)35-31(43)27-21-29(45-22-28(40)33(2,3)4)38(36-27)25-13-9-6-10-14-25/h5-14,21,26H,15-20,22H2,1-4H3,(H,35,43)(H,41,42). The predicted molar refractivity (Wildman–Crippen MR) is 166 cm³/mol. The Morgan fingerprint density at radius 3 is 2.13 bits per heavy atom. The Hall–Kier alpha value is -4.80. The summed E-state index contributed by atoms with van der Waals surface area (Å²) in [7, 11) is 0. The van der Waals surface area contributed by atoms with Crippen molar-refractivity contribution in [2.24, 2.45) is 5.41 Å². The number of hydrogen-bond donors (Lipinski definition) is 2. The van der Waals surface area contributed by atoms with Gasteiger partial charge >= 0.3 is 5.97 Å². The number of carbonyl (C=O) groups is 5. The number of Topliss-reactive ketones (excluding diaryl/α,β-unsaturated/α-hetero) is 2. The Kier molecular flexibility index (Phi) is 10.2. The number of ether oxygens (including phenoxy) is 1. The topological polar surface area (TPSA) is 148 Å². The van der Waals surface area contributed by atoms with Crippen LogP contribution in [0.4, 0.5) is 0 Å². The summed E-state index contributed by atoms with van der Waals surface area (Å²) in [5, 5.41) is 16.4. The summed E-state index contributed by atoms with van der Waals surface area (Å²) in [6, 6.07) is 18.7. The fraction of sp³-hybridized carbons (Fsp3) is 0.412. The van der Waals surface area contributed by atoms with Gasteiger partial charge in [0.05, 0.1) is 11.1 Å². The second-order valence-electron chi connectivity index (χ2n) is 12.4. The van der Waals surface area contributed by atoms with Crippen LogP contribution in [0.3, 0.4) is 0 Å². The Labute approximate surface area is 262 Å². The highest BCUT2D eigenvalue weighted by molar-refractivity contribution is 5.97. The van der Waals surface area contributed by atoms with Crippen molar-refractivity contribution < 1.29 is 33.8 Å². The minimum absolute atomic E-state index is 0.0211. The molecule has 11 heteroatoms. The van der Waals surface area contributed by atoms with Crippen LogP contribution in [0.1, 0.15) is 69.4 Å². The normalized spacial score (nSPS) is 15.2. The van der Waals surface area contributed by atoms with Gasteiger partial charge in [-0.1, -0.05) is 69.3 Å². The van der Waals surface area contributed by atoms with E-state index in [1.54, 1.807) is 56.9 Å². The molecule has 0 radical (unpaired) electrons. The zero-order valence-electron chi connectivity index (χ0n) is 26.1. The summed E-state index contributed by atoms with van der Waals surface area (Å²) < 4.78 is 7.20.